The SMILES string of the molecule is CCn1c(SCC(=O)Nc2cccc(Cl)c2)nnc1-c1ccc(N2C(=O)c3ccccc3C2=O)cc1. The molecule has 8 nitrogen and oxygen atoms in total. The summed E-state index contributed by atoms with van der Waals surface area (Å²) >= 11 is 7.25. The van der Waals surface area contributed by atoms with Gasteiger partial charge in [0, 0.05) is 22.8 Å². The highest BCUT2D eigenvalue weighted by atomic mass is 35.5. The Morgan fingerprint density at radius 3 is 2.28 bits per heavy atom. The molecule has 1 aliphatic heterocycles. The monoisotopic (exact) mass is 517 g/mol. The average Bonchev–Trinajstić information content (AvgIpc) is 3.41. The predicted octanol–water partition coefficient (Wildman–Crippen LogP) is 5.15. The van der Waals surface area contributed by atoms with Gasteiger partial charge in [-0.1, -0.05) is 41.6 Å². The molecule has 1 aliphatic rings. The first-order valence-electron chi connectivity index (χ1n) is 11.2. The predicted molar refractivity (Wildman–Crippen MR) is 140 cm³/mol. The Bertz CT molecular complexity index is 1450. The molecule has 0 bridgehead atoms. The van der Waals surface area contributed by atoms with E-state index < -0.39 is 0 Å². The minimum Gasteiger partial charge on any atom is -0.325 e. The van der Waals surface area contributed by atoms with Crippen LogP contribution >= 0.6 is 23.4 Å². The third-order valence-corrected chi connectivity index (χ3v) is 6.85. The topological polar surface area (TPSA) is 97.2 Å². The number of hydrogen-bond acceptors (Lipinski definition) is 6. The van der Waals surface area contributed by atoms with E-state index in [0.717, 1.165) is 5.56 Å². The smallest absolute Gasteiger partial charge is 0.266 e. The molecule has 2 heterocycles. The van der Waals surface area contributed by atoms with Crippen LogP contribution in [0.4, 0.5) is 11.4 Å². The number of rotatable bonds is 7. The van der Waals surface area contributed by atoms with E-state index >= 15 is 0 Å². The second-order valence-electron chi connectivity index (χ2n) is 7.94. The van der Waals surface area contributed by atoms with E-state index in [1.54, 1.807) is 72.8 Å². The summed E-state index contributed by atoms with van der Waals surface area (Å²) < 4.78 is 1.91. The van der Waals surface area contributed by atoms with Gasteiger partial charge in [-0.05, 0) is 61.5 Å². The number of amides is 3. The highest BCUT2D eigenvalue weighted by molar-refractivity contribution is 7.99. The van der Waals surface area contributed by atoms with Gasteiger partial charge in [-0.15, -0.1) is 10.2 Å². The highest BCUT2D eigenvalue weighted by Gasteiger charge is 2.36. The van der Waals surface area contributed by atoms with Crippen LogP contribution in [0.25, 0.3) is 11.4 Å². The Kier molecular flexibility index (Phi) is 6.58. The molecule has 0 atom stereocenters. The van der Waals surface area contributed by atoms with Crippen LogP contribution in [-0.4, -0.2) is 38.2 Å². The molecule has 0 radical (unpaired) electrons. The summed E-state index contributed by atoms with van der Waals surface area (Å²) in [6.07, 6.45) is 0. The molecule has 180 valence electrons. The number of imide groups is 1. The average molecular weight is 518 g/mol. The number of nitrogens with zero attached hydrogens (tertiary/aromatic N) is 4. The maximum absolute atomic E-state index is 12.8. The first-order chi connectivity index (χ1) is 17.5. The van der Waals surface area contributed by atoms with Crippen molar-refractivity contribution in [2.24, 2.45) is 0 Å². The molecule has 4 aromatic rings. The molecule has 0 aliphatic carbocycles. The van der Waals surface area contributed by atoms with Crippen LogP contribution in [0.1, 0.15) is 27.6 Å². The molecular weight excluding hydrogens is 498 g/mol. The van der Waals surface area contributed by atoms with Crippen molar-refractivity contribution in [1.82, 2.24) is 14.8 Å². The van der Waals surface area contributed by atoms with Crippen LogP contribution in [0.2, 0.25) is 5.02 Å². The molecule has 10 heteroatoms. The molecular formula is C26H20ClN5O3S. The van der Waals surface area contributed by atoms with Gasteiger partial charge in [0.05, 0.1) is 22.6 Å². The quantitative estimate of drug-likeness (QED) is 0.269. The fraction of sp³-hybridized carbons (Fsp3) is 0.115. The van der Waals surface area contributed by atoms with Gasteiger partial charge in [-0.25, -0.2) is 4.90 Å². The van der Waals surface area contributed by atoms with Crippen molar-refractivity contribution >= 4 is 52.5 Å². The zero-order valence-corrected chi connectivity index (χ0v) is 20.7. The molecule has 0 saturated carbocycles. The maximum atomic E-state index is 12.8. The number of carbonyl (C=O) groups is 3. The van der Waals surface area contributed by atoms with E-state index in [-0.39, 0.29) is 23.5 Å². The van der Waals surface area contributed by atoms with Crippen LogP contribution in [0.5, 0.6) is 0 Å². The lowest BCUT2D eigenvalue weighted by atomic mass is 10.1. The van der Waals surface area contributed by atoms with E-state index in [4.69, 9.17) is 11.6 Å². The number of anilines is 2. The lowest BCUT2D eigenvalue weighted by molar-refractivity contribution is -0.113. The van der Waals surface area contributed by atoms with Crippen molar-refractivity contribution in [2.45, 2.75) is 18.6 Å². The summed E-state index contributed by atoms with van der Waals surface area (Å²) in [4.78, 5) is 39.1. The van der Waals surface area contributed by atoms with E-state index in [9.17, 15) is 14.4 Å². The van der Waals surface area contributed by atoms with Crippen molar-refractivity contribution in [3.63, 3.8) is 0 Å². The van der Waals surface area contributed by atoms with Gasteiger partial charge in [-0.2, -0.15) is 0 Å². The molecule has 3 aromatic carbocycles. The molecule has 0 saturated heterocycles. The summed E-state index contributed by atoms with van der Waals surface area (Å²) in [6.45, 7) is 2.57. The molecule has 0 spiro atoms. The third kappa shape index (κ3) is 4.50. The summed E-state index contributed by atoms with van der Waals surface area (Å²) in [5.74, 6) is -0.0721. The van der Waals surface area contributed by atoms with Crippen LogP contribution < -0.4 is 10.2 Å². The third-order valence-electron chi connectivity index (χ3n) is 5.65. The number of halogens is 1. The van der Waals surface area contributed by atoms with Crippen LogP contribution in [0.3, 0.4) is 0 Å². The summed E-state index contributed by atoms with van der Waals surface area (Å²) in [6, 6.07) is 20.8. The van der Waals surface area contributed by atoms with Crippen LogP contribution in [0, 0.1) is 0 Å². The Labute approximate surface area is 216 Å². The number of thioether (sulfide) groups is 1. The number of nitrogens with one attached hydrogen (secondary N) is 1. The van der Waals surface area contributed by atoms with Gasteiger partial charge in [0.25, 0.3) is 11.8 Å². The molecule has 3 amide bonds. The van der Waals surface area contributed by atoms with E-state index in [2.05, 4.69) is 15.5 Å². The number of fused-ring (bicyclic) bond motifs is 1. The minimum absolute atomic E-state index is 0.156. The van der Waals surface area contributed by atoms with E-state index in [0.29, 0.717) is 45.0 Å². The number of carbonyl (C=O) groups excluding carboxylic acids is 3. The second kappa shape index (κ2) is 9.96. The standard InChI is InChI=1S/C26H20ClN5O3S/c1-2-31-23(29-30-26(31)36-15-22(33)28-18-7-5-6-17(27)14-18)16-10-12-19(13-11-16)32-24(34)20-8-3-4-9-21(20)25(32)35/h3-14H,2,15H2,1H3,(H,28,33). The first-order valence-corrected chi connectivity index (χ1v) is 12.5. The van der Waals surface area contributed by atoms with Crippen molar-refractivity contribution in [1.29, 1.82) is 0 Å². The fourth-order valence-electron chi connectivity index (χ4n) is 3.97. The second-order valence-corrected chi connectivity index (χ2v) is 9.31. The zero-order chi connectivity index (χ0) is 25.2. The zero-order valence-electron chi connectivity index (χ0n) is 19.1. The maximum Gasteiger partial charge on any atom is 0.266 e. The summed E-state index contributed by atoms with van der Waals surface area (Å²) in [5, 5.41) is 12.5. The van der Waals surface area contributed by atoms with Gasteiger partial charge in [0.1, 0.15) is 0 Å². The number of aromatic nitrogens is 3. The van der Waals surface area contributed by atoms with Gasteiger partial charge in [0.15, 0.2) is 11.0 Å². The van der Waals surface area contributed by atoms with Crippen molar-refractivity contribution in [3.8, 4) is 11.4 Å². The Morgan fingerprint density at radius 2 is 1.64 bits per heavy atom. The van der Waals surface area contributed by atoms with Crippen molar-refractivity contribution in [2.75, 3.05) is 16.0 Å². The van der Waals surface area contributed by atoms with Crippen molar-refractivity contribution < 1.29 is 14.4 Å². The summed E-state index contributed by atoms with van der Waals surface area (Å²) in [5.41, 5.74) is 2.69. The van der Waals surface area contributed by atoms with E-state index in [1.807, 2.05) is 11.5 Å². The number of benzene rings is 3. The van der Waals surface area contributed by atoms with Crippen molar-refractivity contribution in [3.05, 3.63) is 88.9 Å². The molecule has 0 fully saturated rings. The van der Waals surface area contributed by atoms with Crippen LogP contribution in [0.15, 0.2) is 78.0 Å². The normalized spacial score (nSPS) is 12.7. The Balaban J connectivity index is 1.30. The molecule has 1 N–H and O–H groups in total. The van der Waals surface area contributed by atoms with Crippen LogP contribution in [-0.2, 0) is 11.3 Å². The minimum atomic E-state index is -0.338. The van der Waals surface area contributed by atoms with E-state index in [1.165, 1.54) is 16.7 Å². The molecule has 0 unspecified atom stereocenters. The van der Waals surface area contributed by atoms with Gasteiger partial charge < -0.3 is 9.88 Å². The Morgan fingerprint density at radius 1 is 0.944 bits per heavy atom. The highest BCUT2D eigenvalue weighted by Crippen LogP contribution is 2.31. The lowest BCUT2D eigenvalue weighted by Crippen LogP contribution is -2.29. The Hall–Kier alpha value is -3.95. The lowest BCUT2D eigenvalue weighted by Gasteiger charge is -2.14. The molecule has 5 rings (SSSR count). The first kappa shape index (κ1) is 23.8. The molecule has 36 heavy (non-hydrogen) atoms. The van der Waals surface area contributed by atoms with Gasteiger partial charge in [-0.3, -0.25) is 14.4 Å². The summed E-state index contributed by atoms with van der Waals surface area (Å²) in [7, 11) is 0. The fourth-order valence-corrected chi connectivity index (χ4v) is 4.96. The number of hydrogen-bond donors (Lipinski definition) is 1. The van der Waals surface area contributed by atoms with Gasteiger partial charge >= 0.3 is 0 Å². The molecule has 1 aromatic heterocycles. The largest absolute Gasteiger partial charge is 0.325 e. The van der Waals surface area contributed by atoms with Gasteiger partial charge in [0.2, 0.25) is 5.91 Å².